The summed E-state index contributed by atoms with van der Waals surface area (Å²) in [6.45, 7) is 3.13. The van der Waals surface area contributed by atoms with Gasteiger partial charge in [-0.2, -0.15) is 0 Å². The second kappa shape index (κ2) is 11.9. The van der Waals surface area contributed by atoms with Crippen LogP contribution in [0.3, 0.4) is 0 Å². The first-order chi connectivity index (χ1) is 16.4. The molecule has 0 heterocycles. The molecule has 0 aliphatic heterocycles. The molecule has 0 N–H and O–H groups in total. The lowest BCUT2D eigenvalue weighted by Gasteiger charge is -2.38. The Labute approximate surface area is 201 Å². The SMILES string of the molecule is CC[C@H]1CC[C@H]([C@H]2CC[C@H](CO[C@H]3CC[C@H](C(=O)Oc4cc(F)c(F)c(F)c4)CC3)CC2)CC1. The highest BCUT2D eigenvalue weighted by atomic mass is 19.2. The van der Waals surface area contributed by atoms with Gasteiger partial charge in [-0.25, -0.2) is 13.2 Å². The largest absolute Gasteiger partial charge is 0.426 e. The minimum atomic E-state index is -1.56. The molecule has 0 atom stereocenters. The molecular weight excluding hydrogens is 441 g/mol. The average molecular weight is 481 g/mol. The fraction of sp³-hybridized carbons (Fsp3) is 0.750. The zero-order valence-electron chi connectivity index (χ0n) is 20.4. The second-order valence-electron chi connectivity index (χ2n) is 10.9. The van der Waals surface area contributed by atoms with Crippen molar-refractivity contribution in [3.05, 3.63) is 29.6 Å². The van der Waals surface area contributed by atoms with E-state index in [2.05, 4.69) is 6.92 Å². The number of ether oxygens (including phenoxy) is 2. The smallest absolute Gasteiger partial charge is 0.314 e. The quantitative estimate of drug-likeness (QED) is 0.229. The van der Waals surface area contributed by atoms with Crippen molar-refractivity contribution < 1.29 is 27.4 Å². The van der Waals surface area contributed by atoms with Crippen molar-refractivity contribution in [1.82, 2.24) is 0 Å². The molecule has 0 aromatic heterocycles. The molecule has 6 heteroatoms. The van der Waals surface area contributed by atoms with Gasteiger partial charge in [0.25, 0.3) is 0 Å². The van der Waals surface area contributed by atoms with Crippen molar-refractivity contribution in [3.63, 3.8) is 0 Å². The van der Waals surface area contributed by atoms with Crippen molar-refractivity contribution in [2.45, 2.75) is 96.5 Å². The topological polar surface area (TPSA) is 35.5 Å². The standard InChI is InChI=1S/C28H39F3O3/c1-2-18-3-7-20(8-4-18)21-9-5-19(6-10-21)17-33-23-13-11-22(12-14-23)28(32)34-24-15-25(29)27(31)26(30)16-24/h15-16,18-23H,2-14,17H2,1H3/t18-,19-,20-,21-,22-,23-. The lowest BCUT2D eigenvalue weighted by atomic mass is 9.69. The Bertz CT molecular complexity index is 782. The molecule has 0 unspecified atom stereocenters. The summed E-state index contributed by atoms with van der Waals surface area (Å²) < 4.78 is 51.1. The van der Waals surface area contributed by atoms with Crippen LogP contribution in [0.25, 0.3) is 0 Å². The molecule has 190 valence electrons. The number of esters is 1. The summed E-state index contributed by atoms with van der Waals surface area (Å²) in [7, 11) is 0. The molecule has 0 amide bonds. The van der Waals surface area contributed by atoms with Gasteiger partial charge in [0.05, 0.1) is 12.0 Å². The zero-order chi connectivity index (χ0) is 24.1. The monoisotopic (exact) mass is 480 g/mol. The average Bonchev–Trinajstić information content (AvgIpc) is 2.86. The third-order valence-electron chi connectivity index (χ3n) is 8.78. The molecule has 0 spiro atoms. The predicted molar refractivity (Wildman–Crippen MR) is 125 cm³/mol. The zero-order valence-corrected chi connectivity index (χ0v) is 20.4. The number of hydrogen-bond acceptors (Lipinski definition) is 3. The summed E-state index contributed by atoms with van der Waals surface area (Å²) in [5, 5.41) is 0. The second-order valence-corrected chi connectivity index (χ2v) is 10.9. The molecule has 1 aromatic carbocycles. The van der Waals surface area contributed by atoms with Gasteiger partial charge in [0.15, 0.2) is 17.5 Å². The van der Waals surface area contributed by atoms with E-state index < -0.39 is 23.4 Å². The number of carbonyl (C=O) groups excluding carboxylic acids is 1. The van der Waals surface area contributed by atoms with Crippen LogP contribution in [0.5, 0.6) is 5.75 Å². The Morgan fingerprint density at radius 2 is 1.32 bits per heavy atom. The number of benzene rings is 1. The van der Waals surface area contributed by atoms with Gasteiger partial charge in [-0.1, -0.05) is 26.2 Å². The van der Waals surface area contributed by atoms with E-state index >= 15 is 0 Å². The molecule has 34 heavy (non-hydrogen) atoms. The van der Waals surface area contributed by atoms with Gasteiger partial charge in [0.2, 0.25) is 0 Å². The van der Waals surface area contributed by atoms with Gasteiger partial charge in [0.1, 0.15) is 5.75 Å². The molecule has 0 bridgehead atoms. The van der Waals surface area contributed by atoms with Gasteiger partial charge in [-0.05, 0) is 87.9 Å². The van der Waals surface area contributed by atoms with E-state index in [1.807, 2.05) is 0 Å². The minimum Gasteiger partial charge on any atom is -0.426 e. The van der Waals surface area contributed by atoms with E-state index in [-0.39, 0.29) is 17.8 Å². The summed E-state index contributed by atoms with van der Waals surface area (Å²) in [6.07, 6.45) is 15.3. The maximum Gasteiger partial charge on any atom is 0.314 e. The third kappa shape index (κ3) is 6.56. The lowest BCUT2D eigenvalue weighted by molar-refractivity contribution is -0.141. The Balaban J connectivity index is 1.13. The summed E-state index contributed by atoms with van der Waals surface area (Å²) in [6, 6.07) is 1.41. The fourth-order valence-corrected chi connectivity index (χ4v) is 6.42. The van der Waals surface area contributed by atoms with Crippen LogP contribution in [-0.4, -0.2) is 18.7 Å². The van der Waals surface area contributed by atoms with Gasteiger partial charge in [-0.15, -0.1) is 0 Å². The predicted octanol–water partition coefficient (Wildman–Crippen LogP) is 7.61. The van der Waals surface area contributed by atoms with Gasteiger partial charge in [-0.3, -0.25) is 4.79 Å². The van der Waals surface area contributed by atoms with E-state index in [9.17, 15) is 18.0 Å². The molecule has 3 aliphatic carbocycles. The Hall–Kier alpha value is -1.56. The number of hydrogen-bond donors (Lipinski definition) is 0. The summed E-state index contributed by atoms with van der Waals surface area (Å²) >= 11 is 0. The van der Waals surface area contributed by atoms with Crippen molar-refractivity contribution in [3.8, 4) is 5.75 Å². The van der Waals surface area contributed by atoms with Crippen LogP contribution in [0.4, 0.5) is 13.2 Å². The first kappa shape index (κ1) is 25.5. The number of halogens is 3. The van der Waals surface area contributed by atoms with Crippen LogP contribution in [-0.2, 0) is 9.53 Å². The van der Waals surface area contributed by atoms with Crippen LogP contribution >= 0.6 is 0 Å². The van der Waals surface area contributed by atoms with E-state index in [1.165, 1.54) is 57.8 Å². The highest BCUT2D eigenvalue weighted by Crippen LogP contribution is 2.42. The molecule has 1 aromatic rings. The molecule has 3 nitrogen and oxygen atoms in total. The third-order valence-corrected chi connectivity index (χ3v) is 8.78. The Morgan fingerprint density at radius 1 is 0.794 bits per heavy atom. The minimum absolute atomic E-state index is 0.159. The molecular formula is C28H39F3O3. The van der Waals surface area contributed by atoms with Gasteiger partial charge >= 0.3 is 5.97 Å². The van der Waals surface area contributed by atoms with Crippen molar-refractivity contribution in [2.75, 3.05) is 6.61 Å². The van der Waals surface area contributed by atoms with E-state index in [0.29, 0.717) is 30.9 Å². The molecule has 0 radical (unpaired) electrons. The van der Waals surface area contributed by atoms with Crippen LogP contribution in [0, 0.1) is 47.0 Å². The maximum absolute atomic E-state index is 13.3. The molecule has 3 saturated carbocycles. The summed E-state index contributed by atoms with van der Waals surface area (Å²) in [5.74, 6) is -1.96. The number of rotatable bonds is 7. The van der Waals surface area contributed by atoms with E-state index in [4.69, 9.17) is 9.47 Å². The van der Waals surface area contributed by atoms with Crippen molar-refractivity contribution in [1.29, 1.82) is 0 Å². The van der Waals surface area contributed by atoms with Gasteiger partial charge in [0, 0.05) is 18.7 Å². The normalized spacial score (nSPS) is 32.4. The highest BCUT2D eigenvalue weighted by molar-refractivity contribution is 5.75. The van der Waals surface area contributed by atoms with Gasteiger partial charge < -0.3 is 9.47 Å². The molecule has 0 saturated heterocycles. The Morgan fingerprint density at radius 3 is 1.85 bits per heavy atom. The molecule has 3 fully saturated rings. The Kier molecular flexibility index (Phi) is 8.95. The first-order valence-electron chi connectivity index (χ1n) is 13.4. The first-order valence-corrected chi connectivity index (χ1v) is 13.4. The van der Waals surface area contributed by atoms with Crippen molar-refractivity contribution >= 4 is 5.97 Å². The van der Waals surface area contributed by atoms with Crippen LogP contribution < -0.4 is 4.74 Å². The highest BCUT2D eigenvalue weighted by Gasteiger charge is 2.32. The number of carbonyl (C=O) groups is 1. The van der Waals surface area contributed by atoms with Crippen LogP contribution in [0.1, 0.15) is 90.4 Å². The lowest BCUT2D eigenvalue weighted by Crippen LogP contribution is -2.31. The van der Waals surface area contributed by atoms with E-state index in [0.717, 1.165) is 37.2 Å². The van der Waals surface area contributed by atoms with E-state index in [1.54, 1.807) is 0 Å². The summed E-state index contributed by atoms with van der Waals surface area (Å²) in [4.78, 5) is 12.4. The van der Waals surface area contributed by atoms with Crippen LogP contribution in [0.15, 0.2) is 12.1 Å². The van der Waals surface area contributed by atoms with Crippen molar-refractivity contribution in [2.24, 2.45) is 29.6 Å². The van der Waals surface area contributed by atoms with Crippen LogP contribution in [0.2, 0.25) is 0 Å². The maximum atomic E-state index is 13.3. The molecule has 3 aliphatic rings. The fourth-order valence-electron chi connectivity index (χ4n) is 6.42. The molecule has 4 rings (SSSR count). The summed E-state index contributed by atoms with van der Waals surface area (Å²) in [5.41, 5.74) is 0.